The van der Waals surface area contributed by atoms with Crippen LogP contribution in [0, 0.1) is 25.5 Å². The second kappa shape index (κ2) is 7.95. The third-order valence-electron chi connectivity index (χ3n) is 4.92. The number of hydrogen-bond donors (Lipinski definition) is 1. The molecule has 3 rings (SSSR count). The van der Waals surface area contributed by atoms with Crippen molar-refractivity contribution in [2.75, 3.05) is 20.2 Å². The van der Waals surface area contributed by atoms with Crippen LogP contribution >= 0.6 is 0 Å². The van der Waals surface area contributed by atoms with Crippen LogP contribution < -0.4 is 5.32 Å². The molecule has 0 bridgehead atoms. The van der Waals surface area contributed by atoms with Crippen molar-refractivity contribution in [3.8, 4) is 5.69 Å². The van der Waals surface area contributed by atoms with Crippen LogP contribution in [0.2, 0.25) is 0 Å². The average molecular weight is 392 g/mol. The highest BCUT2D eigenvalue weighted by Crippen LogP contribution is 2.21. The lowest BCUT2D eigenvalue weighted by atomic mass is 10.0. The lowest BCUT2D eigenvalue weighted by molar-refractivity contribution is 0.0891. The summed E-state index contributed by atoms with van der Waals surface area (Å²) in [6.07, 6.45) is 0.846. The van der Waals surface area contributed by atoms with Gasteiger partial charge in [-0.3, -0.25) is 4.79 Å². The van der Waals surface area contributed by atoms with E-state index in [0.717, 1.165) is 12.1 Å². The van der Waals surface area contributed by atoms with E-state index in [1.807, 2.05) is 0 Å². The van der Waals surface area contributed by atoms with Crippen LogP contribution in [0.3, 0.4) is 0 Å². The summed E-state index contributed by atoms with van der Waals surface area (Å²) in [5.74, 6) is -1.74. The first-order chi connectivity index (χ1) is 13.3. The molecule has 1 N–H and O–H groups in total. The zero-order valence-electron chi connectivity index (χ0n) is 16.0. The summed E-state index contributed by atoms with van der Waals surface area (Å²) < 4.78 is 33.3. The molecule has 28 heavy (non-hydrogen) atoms. The molecule has 7 nitrogen and oxygen atoms in total. The predicted molar refractivity (Wildman–Crippen MR) is 97.4 cm³/mol. The fraction of sp³-hybridized carbons (Fsp3) is 0.421. The molecule has 0 unspecified atom stereocenters. The quantitative estimate of drug-likeness (QED) is 0.872. The van der Waals surface area contributed by atoms with Crippen LogP contribution in [0.4, 0.5) is 13.6 Å². The van der Waals surface area contributed by atoms with Gasteiger partial charge in [-0.1, -0.05) is 0 Å². The lowest BCUT2D eigenvalue weighted by Gasteiger charge is -2.31. The van der Waals surface area contributed by atoms with Crippen molar-refractivity contribution < 1.29 is 23.1 Å². The number of ether oxygens (including phenoxy) is 1. The maximum absolute atomic E-state index is 14.1. The predicted octanol–water partition coefficient (Wildman–Crippen LogP) is 2.73. The van der Waals surface area contributed by atoms with Gasteiger partial charge in [-0.05, 0) is 38.8 Å². The monoisotopic (exact) mass is 392 g/mol. The van der Waals surface area contributed by atoms with Crippen LogP contribution in [0.15, 0.2) is 18.2 Å². The standard InChI is InChI=1S/C19H22F2N4O3/c1-11-17(12(2)25(23-11)16-5-4-13(20)10-15(16)21)18(26)22-14-6-8-24(9-7-14)19(27)28-3/h4-5,10,14H,6-9H2,1-3H3,(H,22,26). The second-order valence-electron chi connectivity index (χ2n) is 6.76. The number of carbonyl (C=O) groups is 2. The smallest absolute Gasteiger partial charge is 0.409 e. The molecule has 2 heterocycles. The number of likely N-dealkylation sites (tertiary alicyclic amines) is 1. The van der Waals surface area contributed by atoms with E-state index in [1.165, 1.54) is 17.9 Å². The Bertz CT molecular complexity index is 905. The highest BCUT2D eigenvalue weighted by Gasteiger charge is 2.27. The van der Waals surface area contributed by atoms with E-state index < -0.39 is 11.6 Å². The van der Waals surface area contributed by atoms with Crippen molar-refractivity contribution in [2.24, 2.45) is 0 Å². The Balaban J connectivity index is 1.75. The van der Waals surface area contributed by atoms with Crippen LogP contribution in [-0.4, -0.2) is 52.9 Å². The zero-order chi connectivity index (χ0) is 20.4. The number of piperidine rings is 1. The fourth-order valence-corrected chi connectivity index (χ4v) is 3.45. The van der Waals surface area contributed by atoms with Gasteiger partial charge in [-0.2, -0.15) is 5.10 Å². The zero-order valence-corrected chi connectivity index (χ0v) is 16.0. The number of amides is 2. The minimum absolute atomic E-state index is 0.0763. The summed E-state index contributed by atoms with van der Waals surface area (Å²) in [4.78, 5) is 25.9. The molecule has 1 saturated heterocycles. The van der Waals surface area contributed by atoms with Gasteiger partial charge in [0.2, 0.25) is 0 Å². The number of aryl methyl sites for hydroxylation is 1. The van der Waals surface area contributed by atoms with Crippen molar-refractivity contribution in [2.45, 2.75) is 32.7 Å². The van der Waals surface area contributed by atoms with E-state index >= 15 is 0 Å². The van der Waals surface area contributed by atoms with Gasteiger partial charge in [0.05, 0.1) is 24.1 Å². The number of aromatic nitrogens is 2. The van der Waals surface area contributed by atoms with Gasteiger partial charge in [0.25, 0.3) is 5.91 Å². The number of benzene rings is 1. The third kappa shape index (κ3) is 3.83. The number of halogens is 2. The largest absolute Gasteiger partial charge is 0.453 e. The van der Waals surface area contributed by atoms with Crippen molar-refractivity contribution in [3.05, 3.63) is 46.8 Å². The molecule has 2 aromatic rings. The molecular formula is C19H22F2N4O3. The van der Waals surface area contributed by atoms with E-state index in [1.54, 1.807) is 18.7 Å². The number of carbonyl (C=O) groups excluding carboxylic acids is 2. The van der Waals surface area contributed by atoms with Crippen LogP contribution in [0.25, 0.3) is 5.69 Å². The van der Waals surface area contributed by atoms with Crippen molar-refractivity contribution in [1.29, 1.82) is 0 Å². The molecular weight excluding hydrogens is 370 g/mol. The lowest BCUT2D eigenvalue weighted by Crippen LogP contribution is -2.46. The Morgan fingerprint density at radius 3 is 2.50 bits per heavy atom. The molecule has 150 valence electrons. The van der Waals surface area contributed by atoms with Gasteiger partial charge in [0.15, 0.2) is 5.82 Å². The molecule has 9 heteroatoms. The summed E-state index contributed by atoms with van der Waals surface area (Å²) in [7, 11) is 1.34. The third-order valence-corrected chi connectivity index (χ3v) is 4.92. The number of nitrogens with one attached hydrogen (secondary N) is 1. The Kier molecular flexibility index (Phi) is 5.62. The molecule has 0 spiro atoms. The summed E-state index contributed by atoms with van der Waals surface area (Å²) in [6.45, 7) is 4.32. The summed E-state index contributed by atoms with van der Waals surface area (Å²) >= 11 is 0. The van der Waals surface area contributed by atoms with Gasteiger partial charge in [-0.25, -0.2) is 18.3 Å². The summed E-state index contributed by atoms with van der Waals surface area (Å²) in [5.41, 5.74) is 1.35. The SMILES string of the molecule is COC(=O)N1CCC(NC(=O)c2c(C)nn(-c3ccc(F)cc3F)c2C)CC1. The first kappa shape index (κ1) is 19.8. The fourth-order valence-electron chi connectivity index (χ4n) is 3.45. The number of rotatable bonds is 3. The maximum atomic E-state index is 14.1. The molecule has 0 aliphatic carbocycles. The highest BCUT2D eigenvalue weighted by molar-refractivity contribution is 5.96. The molecule has 0 saturated carbocycles. The van der Waals surface area contributed by atoms with E-state index in [4.69, 9.17) is 4.74 Å². The highest BCUT2D eigenvalue weighted by atomic mass is 19.1. The van der Waals surface area contributed by atoms with Crippen LogP contribution in [0.1, 0.15) is 34.6 Å². The van der Waals surface area contributed by atoms with E-state index in [9.17, 15) is 18.4 Å². The molecule has 1 aliphatic heterocycles. The molecule has 0 atom stereocenters. The van der Waals surface area contributed by atoms with Crippen LogP contribution in [-0.2, 0) is 4.74 Å². The Morgan fingerprint density at radius 2 is 1.89 bits per heavy atom. The average Bonchev–Trinajstić information content (AvgIpc) is 2.95. The van der Waals surface area contributed by atoms with Gasteiger partial charge in [-0.15, -0.1) is 0 Å². The second-order valence-corrected chi connectivity index (χ2v) is 6.76. The Labute approximate surface area is 161 Å². The van der Waals surface area contributed by atoms with Gasteiger partial charge in [0.1, 0.15) is 11.5 Å². The molecule has 1 fully saturated rings. The molecule has 1 aromatic carbocycles. The number of methoxy groups -OCH3 is 1. The van der Waals surface area contributed by atoms with Crippen LogP contribution in [0.5, 0.6) is 0 Å². The number of hydrogen-bond acceptors (Lipinski definition) is 4. The Hall–Kier alpha value is -2.97. The van der Waals surface area contributed by atoms with E-state index in [2.05, 4.69) is 10.4 Å². The van der Waals surface area contributed by atoms with E-state index in [-0.39, 0.29) is 23.7 Å². The first-order valence-corrected chi connectivity index (χ1v) is 8.97. The first-order valence-electron chi connectivity index (χ1n) is 8.97. The van der Waals surface area contributed by atoms with E-state index in [0.29, 0.717) is 42.9 Å². The van der Waals surface area contributed by atoms with Crippen molar-refractivity contribution in [3.63, 3.8) is 0 Å². The van der Waals surface area contributed by atoms with Gasteiger partial charge >= 0.3 is 6.09 Å². The Morgan fingerprint density at radius 1 is 1.21 bits per heavy atom. The molecule has 1 aromatic heterocycles. The topological polar surface area (TPSA) is 76.5 Å². The minimum atomic E-state index is -0.757. The molecule has 2 amide bonds. The maximum Gasteiger partial charge on any atom is 0.409 e. The number of nitrogens with zero attached hydrogens (tertiary/aromatic N) is 3. The molecule has 1 aliphatic rings. The van der Waals surface area contributed by atoms with Gasteiger partial charge in [0, 0.05) is 25.2 Å². The van der Waals surface area contributed by atoms with Crippen molar-refractivity contribution >= 4 is 12.0 Å². The normalized spacial score (nSPS) is 14.8. The molecule has 0 radical (unpaired) electrons. The summed E-state index contributed by atoms with van der Waals surface area (Å²) in [5, 5.41) is 7.21. The summed E-state index contributed by atoms with van der Waals surface area (Å²) in [6, 6.07) is 3.12. The van der Waals surface area contributed by atoms with Crippen molar-refractivity contribution in [1.82, 2.24) is 20.0 Å². The minimum Gasteiger partial charge on any atom is -0.453 e. The van der Waals surface area contributed by atoms with Gasteiger partial charge < -0.3 is 15.0 Å².